The van der Waals surface area contributed by atoms with Gasteiger partial charge in [-0.25, -0.2) is 8.42 Å². The third kappa shape index (κ3) is 4.44. The summed E-state index contributed by atoms with van der Waals surface area (Å²) in [6.07, 6.45) is 3.14. The predicted octanol–water partition coefficient (Wildman–Crippen LogP) is 0.278. The van der Waals surface area contributed by atoms with Crippen LogP contribution in [0.2, 0.25) is 0 Å². The van der Waals surface area contributed by atoms with Gasteiger partial charge in [0, 0.05) is 25.3 Å². The van der Waals surface area contributed by atoms with Gasteiger partial charge in [0.05, 0.1) is 11.8 Å². The molecule has 5 nitrogen and oxygen atoms in total. The molecule has 1 aromatic heterocycles. The molecule has 6 heteroatoms. The molecule has 0 amide bonds. The molecule has 0 bridgehead atoms. The third-order valence-corrected chi connectivity index (χ3v) is 3.10. The van der Waals surface area contributed by atoms with E-state index in [1.807, 2.05) is 0 Å². The van der Waals surface area contributed by atoms with Crippen LogP contribution in [0.1, 0.15) is 24.6 Å². The number of aryl methyl sites for hydroxylation is 1. The standard InChI is InChI=1S/C9H16N2O3S/c1-11-6-5-8(10-11)9(12)4-3-7-15(2,13)14/h5-6,9,12H,3-4,7H2,1-2H3. The van der Waals surface area contributed by atoms with E-state index in [9.17, 15) is 13.5 Å². The van der Waals surface area contributed by atoms with Crippen molar-refractivity contribution in [2.75, 3.05) is 12.0 Å². The Hall–Kier alpha value is -0.880. The zero-order valence-electron chi connectivity index (χ0n) is 8.92. The van der Waals surface area contributed by atoms with Crippen LogP contribution in [0.25, 0.3) is 0 Å². The van der Waals surface area contributed by atoms with Crippen LogP contribution in [0, 0.1) is 0 Å². The first-order valence-electron chi connectivity index (χ1n) is 4.74. The normalized spacial score (nSPS) is 14.1. The van der Waals surface area contributed by atoms with Gasteiger partial charge >= 0.3 is 0 Å². The minimum Gasteiger partial charge on any atom is -0.387 e. The van der Waals surface area contributed by atoms with Crippen molar-refractivity contribution in [3.63, 3.8) is 0 Å². The summed E-state index contributed by atoms with van der Waals surface area (Å²) in [6, 6.07) is 1.73. The van der Waals surface area contributed by atoms with Gasteiger partial charge in [-0.05, 0) is 18.9 Å². The highest BCUT2D eigenvalue weighted by Crippen LogP contribution is 2.15. The van der Waals surface area contributed by atoms with Gasteiger partial charge in [-0.1, -0.05) is 0 Å². The van der Waals surface area contributed by atoms with Crippen LogP contribution in [0.4, 0.5) is 0 Å². The van der Waals surface area contributed by atoms with E-state index in [2.05, 4.69) is 5.10 Å². The average Bonchev–Trinajstić information content (AvgIpc) is 2.49. The Bertz CT molecular complexity index is 411. The zero-order chi connectivity index (χ0) is 11.5. The monoisotopic (exact) mass is 232 g/mol. The van der Waals surface area contributed by atoms with E-state index >= 15 is 0 Å². The molecule has 1 N–H and O–H groups in total. The van der Waals surface area contributed by atoms with Crippen LogP contribution in [0.5, 0.6) is 0 Å². The molecule has 0 radical (unpaired) electrons. The summed E-state index contributed by atoms with van der Waals surface area (Å²) in [5.74, 6) is 0.108. The van der Waals surface area contributed by atoms with Crippen molar-refractivity contribution in [3.05, 3.63) is 18.0 Å². The zero-order valence-corrected chi connectivity index (χ0v) is 9.74. The SMILES string of the molecule is Cn1ccc(C(O)CCCS(C)(=O)=O)n1. The highest BCUT2D eigenvalue weighted by Gasteiger charge is 2.11. The molecule has 1 unspecified atom stereocenters. The number of aromatic nitrogens is 2. The number of nitrogens with zero attached hydrogens (tertiary/aromatic N) is 2. The van der Waals surface area contributed by atoms with Gasteiger partial charge < -0.3 is 5.11 Å². The predicted molar refractivity (Wildman–Crippen MR) is 57.1 cm³/mol. The summed E-state index contributed by atoms with van der Waals surface area (Å²) in [4.78, 5) is 0. The molecule has 1 rings (SSSR count). The molecule has 0 aromatic carbocycles. The Balaban J connectivity index is 2.40. The van der Waals surface area contributed by atoms with Crippen molar-refractivity contribution in [1.29, 1.82) is 0 Å². The van der Waals surface area contributed by atoms with E-state index in [0.717, 1.165) is 0 Å². The first kappa shape index (κ1) is 12.2. The van der Waals surface area contributed by atoms with Crippen LogP contribution in [0.15, 0.2) is 12.3 Å². The van der Waals surface area contributed by atoms with Crippen LogP contribution in [-0.4, -0.2) is 35.3 Å². The van der Waals surface area contributed by atoms with Gasteiger partial charge in [0.25, 0.3) is 0 Å². The molecule has 0 aliphatic heterocycles. The van der Waals surface area contributed by atoms with Crippen molar-refractivity contribution in [2.24, 2.45) is 7.05 Å². The van der Waals surface area contributed by atoms with E-state index in [0.29, 0.717) is 18.5 Å². The largest absolute Gasteiger partial charge is 0.387 e. The number of hydrogen-bond donors (Lipinski definition) is 1. The quantitative estimate of drug-likeness (QED) is 0.791. The Morgan fingerprint density at radius 3 is 2.73 bits per heavy atom. The Morgan fingerprint density at radius 1 is 1.60 bits per heavy atom. The number of sulfone groups is 1. The second-order valence-electron chi connectivity index (χ2n) is 3.70. The maximum atomic E-state index is 10.9. The molecule has 86 valence electrons. The molecule has 1 atom stereocenters. The minimum absolute atomic E-state index is 0.108. The first-order valence-corrected chi connectivity index (χ1v) is 6.80. The van der Waals surface area contributed by atoms with Crippen molar-refractivity contribution in [2.45, 2.75) is 18.9 Å². The molecule has 0 aliphatic carbocycles. The van der Waals surface area contributed by atoms with Crippen molar-refractivity contribution >= 4 is 9.84 Å². The molecule has 0 saturated heterocycles. The van der Waals surface area contributed by atoms with E-state index in [1.165, 1.54) is 6.26 Å². The molecule has 0 fully saturated rings. The molecule has 0 aliphatic rings. The molecule has 1 heterocycles. The molecular weight excluding hydrogens is 216 g/mol. The lowest BCUT2D eigenvalue weighted by Crippen LogP contribution is -2.06. The fraction of sp³-hybridized carbons (Fsp3) is 0.667. The van der Waals surface area contributed by atoms with E-state index in [1.54, 1.807) is 24.0 Å². The number of rotatable bonds is 5. The van der Waals surface area contributed by atoms with Crippen LogP contribution in [-0.2, 0) is 16.9 Å². The van der Waals surface area contributed by atoms with Gasteiger partial charge in [-0.3, -0.25) is 4.68 Å². The lowest BCUT2D eigenvalue weighted by atomic mass is 10.1. The lowest BCUT2D eigenvalue weighted by molar-refractivity contribution is 0.161. The van der Waals surface area contributed by atoms with E-state index < -0.39 is 15.9 Å². The van der Waals surface area contributed by atoms with Crippen LogP contribution < -0.4 is 0 Å². The summed E-state index contributed by atoms with van der Waals surface area (Å²) in [7, 11) is -1.16. The van der Waals surface area contributed by atoms with Crippen molar-refractivity contribution < 1.29 is 13.5 Å². The molecule has 0 spiro atoms. The smallest absolute Gasteiger partial charge is 0.147 e. The van der Waals surface area contributed by atoms with Crippen LogP contribution >= 0.6 is 0 Å². The summed E-state index contributed by atoms with van der Waals surface area (Å²) in [5.41, 5.74) is 0.589. The second kappa shape index (κ2) is 4.76. The Morgan fingerprint density at radius 2 is 2.27 bits per heavy atom. The fourth-order valence-corrected chi connectivity index (χ4v) is 1.99. The summed E-state index contributed by atoms with van der Waals surface area (Å²) in [5, 5.41) is 13.7. The lowest BCUT2D eigenvalue weighted by Gasteiger charge is -2.06. The molecule has 1 aromatic rings. The van der Waals surface area contributed by atoms with Gasteiger partial charge in [0.2, 0.25) is 0 Å². The van der Waals surface area contributed by atoms with Gasteiger partial charge in [-0.2, -0.15) is 5.10 Å². The third-order valence-electron chi connectivity index (χ3n) is 2.07. The second-order valence-corrected chi connectivity index (χ2v) is 5.96. The molecule has 0 saturated carbocycles. The maximum absolute atomic E-state index is 10.9. The molecular formula is C9H16N2O3S. The topological polar surface area (TPSA) is 72.2 Å². The Labute approximate surface area is 89.6 Å². The van der Waals surface area contributed by atoms with Gasteiger partial charge in [0.1, 0.15) is 9.84 Å². The first-order chi connectivity index (χ1) is 6.88. The molecule has 15 heavy (non-hydrogen) atoms. The van der Waals surface area contributed by atoms with Crippen LogP contribution in [0.3, 0.4) is 0 Å². The highest BCUT2D eigenvalue weighted by molar-refractivity contribution is 7.90. The van der Waals surface area contributed by atoms with Crippen molar-refractivity contribution in [1.82, 2.24) is 9.78 Å². The summed E-state index contributed by atoms with van der Waals surface area (Å²) >= 11 is 0. The van der Waals surface area contributed by atoms with Gasteiger partial charge in [0.15, 0.2) is 0 Å². The Kier molecular flexibility index (Phi) is 3.87. The highest BCUT2D eigenvalue weighted by atomic mass is 32.2. The summed E-state index contributed by atoms with van der Waals surface area (Å²) < 4.78 is 23.3. The fourth-order valence-electron chi connectivity index (χ4n) is 1.30. The number of aliphatic hydroxyl groups is 1. The van der Waals surface area contributed by atoms with Gasteiger partial charge in [-0.15, -0.1) is 0 Å². The summed E-state index contributed by atoms with van der Waals surface area (Å²) in [6.45, 7) is 0. The number of aliphatic hydroxyl groups excluding tert-OH is 1. The van der Waals surface area contributed by atoms with E-state index in [-0.39, 0.29) is 5.75 Å². The minimum atomic E-state index is -2.93. The van der Waals surface area contributed by atoms with E-state index in [4.69, 9.17) is 0 Å². The number of hydrogen-bond acceptors (Lipinski definition) is 4. The van der Waals surface area contributed by atoms with Crippen molar-refractivity contribution in [3.8, 4) is 0 Å². The average molecular weight is 232 g/mol. The maximum Gasteiger partial charge on any atom is 0.147 e.